The molecule has 6 nitrogen and oxygen atoms in total. The van der Waals surface area contributed by atoms with Crippen LogP contribution in [0.25, 0.3) is 44.5 Å². The first-order valence-corrected chi connectivity index (χ1v) is 29.7. The van der Waals surface area contributed by atoms with Crippen LogP contribution in [-0.4, -0.2) is 0 Å². The minimum atomic E-state index is -3.89. The molecule has 0 N–H and O–H groups in total. The highest BCUT2D eigenvalue weighted by atomic mass is 31.2. The highest BCUT2D eigenvalue weighted by Gasteiger charge is 2.52. The van der Waals surface area contributed by atoms with Gasteiger partial charge in [0, 0.05) is 22.7 Å². The van der Waals surface area contributed by atoms with Gasteiger partial charge in [-0.25, -0.2) is 0 Å². The van der Waals surface area contributed by atoms with E-state index in [1.807, 2.05) is 97.1 Å². The van der Waals surface area contributed by atoms with Crippen molar-refractivity contribution in [3.05, 3.63) is 289 Å². The summed E-state index contributed by atoms with van der Waals surface area (Å²) in [6.45, 7) is 8.47. The highest BCUT2D eigenvalue weighted by molar-refractivity contribution is 7.76. The number of benzene rings is 11. The summed E-state index contributed by atoms with van der Waals surface area (Å²) in [5.74, 6) is 0. The molecule has 0 saturated carbocycles. The maximum absolute atomic E-state index is 17.5. The Morgan fingerprint density at radius 1 is 0.231 bits per heavy atom. The van der Waals surface area contributed by atoms with Crippen molar-refractivity contribution in [1.82, 2.24) is 0 Å². The molecule has 0 bridgehead atoms. The molecule has 0 aromatic heterocycles. The average molecular weight is 1050 g/mol. The Morgan fingerprint density at radius 2 is 0.410 bits per heavy atom. The molecule has 0 saturated heterocycles. The summed E-state index contributed by atoms with van der Waals surface area (Å²) in [7, 11) is -7.79. The Bertz CT molecular complexity index is 3590. The number of rotatable bonds is 10. The van der Waals surface area contributed by atoms with Crippen molar-refractivity contribution in [2.45, 2.75) is 27.7 Å². The summed E-state index contributed by atoms with van der Waals surface area (Å²) in [5, 5.41) is 1.20. The minimum Gasteiger partial charge on any atom is -0.270 e. The van der Waals surface area contributed by atoms with Crippen molar-refractivity contribution in [1.29, 1.82) is 0 Å². The third-order valence-corrected chi connectivity index (χ3v) is 21.5. The van der Waals surface area contributed by atoms with Crippen LogP contribution >= 0.6 is 14.9 Å². The van der Waals surface area contributed by atoms with Crippen LogP contribution in [0.1, 0.15) is 22.3 Å². The third-order valence-electron chi connectivity index (χ3n) is 15.6. The highest BCUT2D eigenvalue weighted by Crippen LogP contribution is 2.72. The molecular weight excluding hydrogens is 991 g/mol. The Kier molecular flexibility index (Phi) is 12.2. The second kappa shape index (κ2) is 19.6. The first kappa shape index (κ1) is 48.7. The third kappa shape index (κ3) is 8.19. The van der Waals surface area contributed by atoms with E-state index in [2.05, 4.69) is 216 Å². The van der Waals surface area contributed by atoms with Crippen molar-refractivity contribution in [3.63, 3.8) is 0 Å². The number of aryl methyl sites for hydroxylation is 4. The number of nitrogens with zero attached hydrogens (tertiary/aromatic N) is 4. The molecule has 0 radical (unpaired) electrons. The van der Waals surface area contributed by atoms with Gasteiger partial charge < -0.3 is 0 Å². The molecule has 8 heteroatoms. The van der Waals surface area contributed by atoms with E-state index in [1.54, 1.807) is 0 Å². The maximum atomic E-state index is 17.5. The summed E-state index contributed by atoms with van der Waals surface area (Å²) in [6, 6.07) is 91.5. The molecule has 11 aromatic carbocycles. The lowest BCUT2D eigenvalue weighted by Gasteiger charge is -2.35. The summed E-state index contributed by atoms with van der Waals surface area (Å²) >= 11 is 0. The standard InChI is InChI=1S/C70H56N4O2P2/c1-49-45-67-68(46-50(49)2)72(62-35-27-58(28-36-62)54-19-11-6-12-20-54)77(75,71(67)61-33-25-57(26-34-61)53-17-9-5-10-18-53)65-41-43-66(44-42-65)78(76)73(63-37-29-59(30-38-63)55-21-13-7-14-22-55)69-47-51(3)52(4)48-70(69)74(78)64-39-31-60(32-40-64)56-23-15-8-16-24-56/h5-48H,1-4H3. The van der Waals surface area contributed by atoms with Gasteiger partial charge in [-0.05, 0) is 192 Å². The zero-order chi connectivity index (χ0) is 53.1. The Balaban J connectivity index is 0.999. The van der Waals surface area contributed by atoms with Gasteiger partial charge >= 0.3 is 14.9 Å². The van der Waals surface area contributed by atoms with Crippen LogP contribution in [-0.2, 0) is 9.13 Å². The average Bonchev–Trinajstić information content (AvgIpc) is 3.97. The number of hydrogen-bond acceptors (Lipinski definition) is 2. The predicted molar refractivity (Wildman–Crippen MR) is 329 cm³/mol. The smallest absolute Gasteiger partial charge is 0.270 e. The van der Waals surface area contributed by atoms with Gasteiger partial charge in [0.25, 0.3) is 0 Å². The summed E-state index contributed by atoms with van der Waals surface area (Å²) in [6.07, 6.45) is 0. The van der Waals surface area contributed by atoms with E-state index in [1.165, 1.54) is 0 Å². The topological polar surface area (TPSA) is 47.1 Å². The number of fused-ring (bicyclic) bond motifs is 2. The fraction of sp³-hybridized carbons (Fsp3) is 0.0571. The SMILES string of the molecule is Cc1cc2c(cc1C)N(c1ccc(-c3ccccc3)cc1)P(=O)(c1ccc(P3(=O)N(c4ccc(-c5ccccc5)cc4)c4cc(C)c(C)cc4N3c3ccc(-c4ccccc4)cc3)cc1)N2c1ccc(-c2ccccc2)cc1. The molecule has 0 amide bonds. The largest absolute Gasteiger partial charge is 0.301 e. The second-order valence-corrected chi connectivity index (χ2v) is 25.2. The summed E-state index contributed by atoms with van der Waals surface area (Å²) < 4.78 is 43.2. The van der Waals surface area contributed by atoms with E-state index in [0.717, 1.165) is 112 Å². The molecule has 2 aliphatic heterocycles. The lowest BCUT2D eigenvalue weighted by Crippen LogP contribution is -2.30. The first-order chi connectivity index (χ1) is 38.1. The van der Waals surface area contributed by atoms with Gasteiger partial charge in [-0.2, -0.15) is 0 Å². The van der Waals surface area contributed by atoms with E-state index in [-0.39, 0.29) is 0 Å². The van der Waals surface area contributed by atoms with E-state index in [4.69, 9.17) is 0 Å². The van der Waals surface area contributed by atoms with Crippen molar-refractivity contribution >= 4 is 71.0 Å². The van der Waals surface area contributed by atoms with Crippen LogP contribution in [0.2, 0.25) is 0 Å². The minimum absolute atomic E-state index is 0.601. The molecule has 0 unspecified atom stereocenters. The first-order valence-electron chi connectivity index (χ1n) is 26.5. The number of anilines is 8. The number of hydrogen-bond donors (Lipinski definition) is 0. The van der Waals surface area contributed by atoms with Crippen LogP contribution in [0.15, 0.2) is 267 Å². The lowest BCUT2D eigenvalue weighted by molar-refractivity contribution is 0.581. The van der Waals surface area contributed by atoms with Crippen molar-refractivity contribution in [2.75, 3.05) is 18.7 Å². The van der Waals surface area contributed by atoms with Gasteiger partial charge in [-0.1, -0.05) is 170 Å². The van der Waals surface area contributed by atoms with E-state index in [0.29, 0.717) is 10.6 Å². The molecule has 2 heterocycles. The molecule has 0 atom stereocenters. The van der Waals surface area contributed by atoms with Gasteiger partial charge in [0.2, 0.25) is 0 Å². The quantitative estimate of drug-likeness (QED) is 0.127. The Morgan fingerprint density at radius 3 is 0.603 bits per heavy atom. The molecule has 0 fully saturated rings. The Labute approximate surface area is 457 Å². The van der Waals surface area contributed by atoms with E-state index in [9.17, 15) is 0 Å². The van der Waals surface area contributed by atoms with Crippen LogP contribution in [0.5, 0.6) is 0 Å². The van der Waals surface area contributed by atoms with E-state index < -0.39 is 14.9 Å². The van der Waals surface area contributed by atoms with Gasteiger partial charge in [0.1, 0.15) is 0 Å². The zero-order valence-electron chi connectivity index (χ0n) is 43.9. The van der Waals surface area contributed by atoms with Crippen molar-refractivity contribution in [2.24, 2.45) is 0 Å². The monoisotopic (exact) mass is 1050 g/mol. The zero-order valence-corrected chi connectivity index (χ0v) is 45.7. The van der Waals surface area contributed by atoms with Crippen LogP contribution < -0.4 is 29.3 Å². The molecule has 11 aromatic rings. The molecule has 78 heavy (non-hydrogen) atoms. The summed E-state index contributed by atoms with van der Waals surface area (Å²) in [4.78, 5) is 0. The molecule has 13 rings (SSSR count). The van der Waals surface area contributed by atoms with Gasteiger partial charge in [0.05, 0.1) is 33.4 Å². The summed E-state index contributed by atoms with van der Waals surface area (Å²) in [5.41, 5.74) is 19.7. The fourth-order valence-electron chi connectivity index (χ4n) is 11.2. The molecule has 2 aliphatic rings. The van der Waals surface area contributed by atoms with Crippen LogP contribution in [0.4, 0.5) is 45.5 Å². The molecule has 378 valence electrons. The molecule has 0 aliphatic carbocycles. The predicted octanol–water partition coefficient (Wildman–Crippen LogP) is 19.2. The van der Waals surface area contributed by atoms with Crippen molar-refractivity contribution in [3.8, 4) is 44.5 Å². The van der Waals surface area contributed by atoms with Crippen molar-refractivity contribution < 1.29 is 9.13 Å². The molecule has 0 spiro atoms. The van der Waals surface area contributed by atoms with Gasteiger partial charge in [0.15, 0.2) is 0 Å². The van der Waals surface area contributed by atoms with Crippen LogP contribution in [0.3, 0.4) is 0 Å². The lowest BCUT2D eigenvalue weighted by atomic mass is 10.0. The van der Waals surface area contributed by atoms with Crippen LogP contribution in [0, 0.1) is 27.7 Å². The van der Waals surface area contributed by atoms with E-state index >= 15 is 9.13 Å². The normalized spacial score (nSPS) is 14.1. The maximum Gasteiger partial charge on any atom is 0.301 e. The van der Waals surface area contributed by atoms with Gasteiger partial charge in [-0.15, -0.1) is 0 Å². The molecular formula is C70H56N4O2P2. The fourth-order valence-corrected chi connectivity index (χ4v) is 17.2. The van der Waals surface area contributed by atoms with Gasteiger partial charge in [-0.3, -0.25) is 27.8 Å². The second-order valence-electron chi connectivity index (χ2n) is 20.4. The Hall–Kier alpha value is -8.92.